The maximum Gasteiger partial charge on any atom is 0.0953 e. The summed E-state index contributed by atoms with van der Waals surface area (Å²) in [5.41, 5.74) is 0.830. The van der Waals surface area contributed by atoms with E-state index >= 15 is 0 Å². The SMILES string of the molecule is CCCCCCC(O)c1cnc[nH]1. The van der Waals surface area contributed by atoms with Crippen LogP contribution in [-0.2, 0) is 0 Å². The molecular formula is C10H18N2O. The number of nitrogens with zero attached hydrogens (tertiary/aromatic N) is 1. The van der Waals surface area contributed by atoms with Crippen molar-refractivity contribution in [1.29, 1.82) is 0 Å². The molecule has 1 aromatic heterocycles. The van der Waals surface area contributed by atoms with Crippen LogP contribution in [0.3, 0.4) is 0 Å². The van der Waals surface area contributed by atoms with Gasteiger partial charge < -0.3 is 10.1 Å². The van der Waals surface area contributed by atoms with Crippen molar-refractivity contribution in [1.82, 2.24) is 9.97 Å². The minimum Gasteiger partial charge on any atom is -0.387 e. The van der Waals surface area contributed by atoms with Gasteiger partial charge >= 0.3 is 0 Å². The van der Waals surface area contributed by atoms with E-state index in [1.807, 2.05) is 0 Å². The van der Waals surface area contributed by atoms with Crippen molar-refractivity contribution in [2.24, 2.45) is 0 Å². The standard InChI is InChI=1S/C10H18N2O/c1-2-3-4-5-6-10(13)9-7-11-8-12-9/h7-8,10,13H,2-6H2,1H3,(H,11,12). The van der Waals surface area contributed by atoms with Gasteiger partial charge in [-0.3, -0.25) is 0 Å². The largest absolute Gasteiger partial charge is 0.387 e. The molecule has 3 nitrogen and oxygen atoms in total. The van der Waals surface area contributed by atoms with Crippen molar-refractivity contribution < 1.29 is 5.11 Å². The summed E-state index contributed by atoms with van der Waals surface area (Å²) in [7, 11) is 0. The summed E-state index contributed by atoms with van der Waals surface area (Å²) in [6, 6.07) is 0. The summed E-state index contributed by atoms with van der Waals surface area (Å²) >= 11 is 0. The number of aromatic nitrogens is 2. The van der Waals surface area contributed by atoms with Gasteiger partial charge in [0.1, 0.15) is 0 Å². The Balaban J connectivity index is 2.15. The Labute approximate surface area is 79.2 Å². The van der Waals surface area contributed by atoms with Gasteiger partial charge in [0.05, 0.1) is 24.3 Å². The number of aliphatic hydroxyl groups excluding tert-OH is 1. The Morgan fingerprint density at radius 2 is 2.31 bits per heavy atom. The number of aromatic amines is 1. The fourth-order valence-electron chi connectivity index (χ4n) is 1.37. The summed E-state index contributed by atoms with van der Waals surface area (Å²) in [4.78, 5) is 6.79. The highest BCUT2D eigenvalue weighted by atomic mass is 16.3. The van der Waals surface area contributed by atoms with Crippen LogP contribution in [0.15, 0.2) is 12.5 Å². The van der Waals surface area contributed by atoms with Crippen LogP contribution in [0.1, 0.15) is 50.8 Å². The van der Waals surface area contributed by atoms with Gasteiger partial charge in [0.2, 0.25) is 0 Å². The smallest absolute Gasteiger partial charge is 0.0953 e. The predicted octanol–water partition coefficient (Wildman–Crippen LogP) is 2.41. The lowest BCUT2D eigenvalue weighted by Gasteiger charge is -2.07. The van der Waals surface area contributed by atoms with Crippen molar-refractivity contribution in [2.75, 3.05) is 0 Å². The molecule has 74 valence electrons. The van der Waals surface area contributed by atoms with Gasteiger partial charge in [0.25, 0.3) is 0 Å². The van der Waals surface area contributed by atoms with Crippen LogP contribution in [0.4, 0.5) is 0 Å². The molecule has 1 rings (SSSR count). The van der Waals surface area contributed by atoms with Gasteiger partial charge in [0, 0.05) is 0 Å². The molecule has 13 heavy (non-hydrogen) atoms. The molecule has 3 heteroatoms. The zero-order valence-electron chi connectivity index (χ0n) is 8.16. The zero-order valence-corrected chi connectivity index (χ0v) is 8.16. The Hall–Kier alpha value is -0.830. The zero-order chi connectivity index (χ0) is 9.52. The molecule has 0 saturated carbocycles. The number of imidazole rings is 1. The molecule has 1 heterocycles. The summed E-state index contributed by atoms with van der Waals surface area (Å²) < 4.78 is 0. The van der Waals surface area contributed by atoms with Crippen molar-refractivity contribution >= 4 is 0 Å². The summed E-state index contributed by atoms with van der Waals surface area (Å²) in [5.74, 6) is 0. The molecule has 0 amide bonds. The molecule has 1 aromatic rings. The highest BCUT2D eigenvalue weighted by Crippen LogP contribution is 2.16. The first-order chi connectivity index (χ1) is 6.34. The van der Waals surface area contributed by atoms with E-state index in [1.54, 1.807) is 12.5 Å². The third-order valence-corrected chi connectivity index (χ3v) is 2.21. The van der Waals surface area contributed by atoms with E-state index in [0.29, 0.717) is 0 Å². The molecular weight excluding hydrogens is 164 g/mol. The lowest BCUT2D eigenvalue weighted by atomic mass is 10.1. The topological polar surface area (TPSA) is 48.9 Å². The van der Waals surface area contributed by atoms with Gasteiger partial charge in [-0.15, -0.1) is 0 Å². The average molecular weight is 182 g/mol. The number of hydrogen-bond acceptors (Lipinski definition) is 2. The molecule has 0 aliphatic rings. The molecule has 2 N–H and O–H groups in total. The molecule has 0 spiro atoms. The van der Waals surface area contributed by atoms with Crippen LogP contribution in [0.2, 0.25) is 0 Å². The van der Waals surface area contributed by atoms with Crippen LogP contribution in [-0.4, -0.2) is 15.1 Å². The summed E-state index contributed by atoms with van der Waals surface area (Å²) in [5, 5.41) is 9.64. The highest BCUT2D eigenvalue weighted by molar-refractivity contribution is 4.98. The maximum atomic E-state index is 9.64. The van der Waals surface area contributed by atoms with Crippen molar-refractivity contribution in [3.63, 3.8) is 0 Å². The number of H-pyrrole nitrogens is 1. The maximum absolute atomic E-state index is 9.64. The molecule has 0 saturated heterocycles. The van der Waals surface area contributed by atoms with Crippen molar-refractivity contribution in [2.45, 2.75) is 45.1 Å². The van der Waals surface area contributed by atoms with E-state index in [2.05, 4.69) is 16.9 Å². The Bertz CT molecular complexity index is 209. The summed E-state index contributed by atoms with van der Waals surface area (Å²) in [6.45, 7) is 2.19. The quantitative estimate of drug-likeness (QED) is 0.664. The second kappa shape index (κ2) is 5.75. The highest BCUT2D eigenvalue weighted by Gasteiger charge is 2.07. The lowest BCUT2D eigenvalue weighted by molar-refractivity contribution is 0.159. The molecule has 1 unspecified atom stereocenters. The van der Waals surface area contributed by atoms with Gasteiger partial charge in [-0.05, 0) is 6.42 Å². The Kier molecular flexibility index (Phi) is 4.54. The van der Waals surface area contributed by atoms with E-state index in [9.17, 15) is 5.11 Å². The average Bonchev–Trinajstić information content (AvgIpc) is 2.65. The second-order valence-electron chi connectivity index (χ2n) is 3.37. The minimum atomic E-state index is -0.362. The lowest BCUT2D eigenvalue weighted by Crippen LogP contribution is -1.97. The first-order valence-electron chi connectivity index (χ1n) is 5.01. The van der Waals surface area contributed by atoms with E-state index in [1.165, 1.54) is 19.3 Å². The van der Waals surface area contributed by atoms with Crippen molar-refractivity contribution in [3.05, 3.63) is 18.2 Å². The predicted molar refractivity (Wildman–Crippen MR) is 52.3 cm³/mol. The molecule has 1 atom stereocenters. The molecule has 0 bridgehead atoms. The van der Waals surface area contributed by atoms with Crippen LogP contribution in [0.25, 0.3) is 0 Å². The molecule has 0 aromatic carbocycles. The molecule has 0 aliphatic carbocycles. The number of aliphatic hydroxyl groups is 1. The summed E-state index contributed by atoms with van der Waals surface area (Å²) in [6.07, 6.45) is 8.56. The van der Waals surface area contributed by atoms with E-state index < -0.39 is 0 Å². The van der Waals surface area contributed by atoms with E-state index in [0.717, 1.165) is 18.5 Å². The van der Waals surface area contributed by atoms with Crippen LogP contribution in [0.5, 0.6) is 0 Å². The van der Waals surface area contributed by atoms with Gasteiger partial charge in [-0.2, -0.15) is 0 Å². The van der Waals surface area contributed by atoms with E-state index in [-0.39, 0.29) is 6.10 Å². The van der Waals surface area contributed by atoms with Gasteiger partial charge in [-0.1, -0.05) is 32.6 Å². The molecule has 0 aliphatic heterocycles. The number of unbranched alkanes of at least 4 members (excludes halogenated alkanes) is 3. The number of hydrogen-bond donors (Lipinski definition) is 2. The third-order valence-electron chi connectivity index (χ3n) is 2.21. The first-order valence-corrected chi connectivity index (χ1v) is 5.01. The fraction of sp³-hybridized carbons (Fsp3) is 0.700. The van der Waals surface area contributed by atoms with Crippen LogP contribution >= 0.6 is 0 Å². The Morgan fingerprint density at radius 1 is 1.46 bits per heavy atom. The second-order valence-corrected chi connectivity index (χ2v) is 3.37. The fourth-order valence-corrected chi connectivity index (χ4v) is 1.37. The minimum absolute atomic E-state index is 0.362. The molecule has 0 radical (unpaired) electrons. The monoisotopic (exact) mass is 182 g/mol. The number of rotatable bonds is 6. The van der Waals surface area contributed by atoms with E-state index in [4.69, 9.17) is 0 Å². The van der Waals surface area contributed by atoms with Crippen LogP contribution in [0, 0.1) is 0 Å². The van der Waals surface area contributed by atoms with Gasteiger partial charge in [-0.25, -0.2) is 4.98 Å². The first kappa shape index (κ1) is 10.3. The van der Waals surface area contributed by atoms with Crippen LogP contribution < -0.4 is 0 Å². The molecule has 0 fully saturated rings. The Morgan fingerprint density at radius 3 is 2.92 bits per heavy atom. The number of nitrogens with one attached hydrogen (secondary N) is 1. The third kappa shape index (κ3) is 3.59. The van der Waals surface area contributed by atoms with Crippen molar-refractivity contribution in [3.8, 4) is 0 Å². The van der Waals surface area contributed by atoms with Gasteiger partial charge in [0.15, 0.2) is 0 Å². The normalized spacial score (nSPS) is 13.1.